The van der Waals surface area contributed by atoms with Gasteiger partial charge in [-0.05, 0) is 37.5 Å². The Morgan fingerprint density at radius 1 is 1.47 bits per heavy atom. The number of rotatable bonds is 4. The maximum atomic E-state index is 11.6. The summed E-state index contributed by atoms with van der Waals surface area (Å²) < 4.78 is 29.8. The summed E-state index contributed by atoms with van der Waals surface area (Å²) in [5.41, 5.74) is 1.01. The predicted octanol–water partition coefficient (Wildman–Crippen LogP) is 3.72. The zero-order valence-electron chi connectivity index (χ0n) is 10.6. The highest BCUT2D eigenvalue weighted by molar-refractivity contribution is 9.10. The lowest BCUT2D eigenvalue weighted by Crippen LogP contribution is -2.11. The van der Waals surface area contributed by atoms with Gasteiger partial charge in [0.15, 0.2) is 9.84 Å². The minimum atomic E-state index is -2.87. The molecule has 0 saturated carbocycles. The topological polar surface area (TPSA) is 43.4 Å². The van der Waals surface area contributed by atoms with Gasteiger partial charge in [0.1, 0.15) is 5.75 Å². The lowest BCUT2D eigenvalue weighted by molar-refractivity contribution is 0.334. The Hall–Kier alpha value is -0.0700. The van der Waals surface area contributed by atoms with Crippen molar-refractivity contribution in [1.29, 1.82) is 0 Å². The maximum absolute atomic E-state index is 11.6. The number of sulfone groups is 1. The second-order valence-corrected chi connectivity index (χ2v) is 8.81. The number of ether oxygens (including phenoxy) is 1. The second kappa shape index (κ2) is 6.14. The Kier molecular flexibility index (Phi) is 4.95. The molecule has 0 aliphatic carbocycles. The smallest absolute Gasteiger partial charge is 0.150 e. The van der Waals surface area contributed by atoms with Crippen LogP contribution in [0, 0.1) is 5.92 Å². The molecule has 1 aromatic carbocycles. The first-order valence-electron chi connectivity index (χ1n) is 6.19. The number of hydrogen-bond acceptors (Lipinski definition) is 3. The molecular formula is C13H16Br2O3S. The van der Waals surface area contributed by atoms with E-state index >= 15 is 0 Å². The van der Waals surface area contributed by atoms with Crippen LogP contribution in [0.25, 0.3) is 0 Å². The summed E-state index contributed by atoms with van der Waals surface area (Å²) in [5.74, 6) is 1.47. The Balaban J connectivity index is 2.27. The molecule has 0 radical (unpaired) electrons. The Morgan fingerprint density at radius 3 is 2.79 bits per heavy atom. The molecule has 1 aliphatic rings. The normalized spacial score (nSPS) is 23.2. The summed E-state index contributed by atoms with van der Waals surface area (Å²) in [5, 5.41) is 0. The van der Waals surface area contributed by atoms with Gasteiger partial charge < -0.3 is 4.74 Å². The number of halogens is 2. The fourth-order valence-corrected chi connectivity index (χ4v) is 5.61. The average Bonchev–Trinajstić information content (AvgIpc) is 2.71. The summed E-state index contributed by atoms with van der Waals surface area (Å²) in [4.78, 5) is 0.00354. The summed E-state index contributed by atoms with van der Waals surface area (Å²) >= 11 is 7.11. The van der Waals surface area contributed by atoms with Gasteiger partial charge in [0.25, 0.3) is 0 Å². The van der Waals surface area contributed by atoms with E-state index in [0.717, 1.165) is 15.8 Å². The fourth-order valence-electron chi connectivity index (χ4n) is 2.33. The van der Waals surface area contributed by atoms with Gasteiger partial charge in [-0.2, -0.15) is 0 Å². The van der Waals surface area contributed by atoms with Crippen molar-refractivity contribution < 1.29 is 13.2 Å². The van der Waals surface area contributed by atoms with Crippen LogP contribution in [-0.2, 0) is 9.84 Å². The van der Waals surface area contributed by atoms with E-state index in [4.69, 9.17) is 4.74 Å². The summed E-state index contributed by atoms with van der Waals surface area (Å²) in [7, 11) is -2.87. The molecule has 1 aliphatic heterocycles. The SMILES string of the molecule is CCOc1ccc(Br)cc1C(Br)C1CCS(=O)(=O)C1. The van der Waals surface area contributed by atoms with E-state index in [1.807, 2.05) is 25.1 Å². The molecule has 3 nitrogen and oxygen atoms in total. The number of hydrogen-bond donors (Lipinski definition) is 0. The first kappa shape index (κ1) is 15.3. The molecule has 0 amide bonds. The quantitative estimate of drug-likeness (QED) is 0.709. The van der Waals surface area contributed by atoms with Gasteiger partial charge in [-0.15, -0.1) is 0 Å². The summed E-state index contributed by atoms with van der Waals surface area (Å²) in [6, 6.07) is 5.84. The molecule has 0 bridgehead atoms. The molecule has 0 N–H and O–H groups in total. The van der Waals surface area contributed by atoms with Crippen molar-refractivity contribution in [2.45, 2.75) is 18.2 Å². The molecule has 106 valence electrons. The fraction of sp³-hybridized carbons (Fsp3) is 0.538. The van der Waals surface area contributed by atoms with Crippen LogP contribution in [0.15, 0.2) is 22.7 Å². The van der Waals surface area contributed by atoms with Crippen LogP contribution in [0.5, 0.6) is 5.75 Å². The number of alkyl halides is 1. The van der Waals surface area contributed by atoms with Crippen LogP contribution in [0.2, 0.25) is 0 Å². The molecule has 2 atom stereocenters. The van der Waals surface area contributed by atoms with Crippen molar-refractivity contribution in [2.75, 3.05) is 18.1 Å². The summed E-state index contributed by atoms with van der Waals surface area (Å²) in [6.07, 6.45) is 0.705. The molecule has 0 aromatic heterocycles. The molecule has 1 heterocycles. The van der Waals surface area contributed by atoms with E-state index in [9.17, 15) is 8.42 Å². The second-order valence-electron chi connectivity index (χ2n) is 4.68. The molecule has 6 heteroatoms. The van der Waals surface area contributed by atoms with Crippen molar-refractivity contribution >= 4 is 41.7 Å². The van der Waals surface area contributed by atoms with E-state index in [1.165, 1.54) is 0 Å². The van der Waals surface area contributed by atoms with E-state index in [0.29, 0.717) is 13.0 Å². The van der Waals surface area contributed by atoms with Crippen LogP contribution >= 0.6 is 31.9 Å². The van der Waals surface area contributed by atoms with Crippen molar-refractivity contribution in [1.82, 2.24) is 0 Å². The van der Waals surface area contributed by atoms with Gasteiger partial charge in [0, 0.05) is 14.9 Å². The van der Waals surface area contributed by atoms with Gasteiger partial charge in [0.2, 0.25) is 0 Å². The highest BCUT2D eigenvalue weighted by Gasteiger charge is 2.34. The third-order valence-corrected chi connectivity index (χ3v) is 6.78. The van der Waals surface area contributed by atoms with Crippen LogP contribution in [0.3, 0.4) is 0 Å². The third-order valence-electron chi connectivity index (χ3n) is 3.25. The minimum Gasteiger partial charge on any atom is -0.494 e. The zero-order chi connectivity index (χ0) is 14.0. The van der Waals surface area contributed by atoms with Crippen LogP contribution in [0.4, 0.5) is 0 Å². The van der Waals surface area contributed by atoms with Crippen molar-refractivity contribution in [3.8, 4) is 5.75 Å². The maximum Gasteiger partial charge on any atom is 0.150 e. The molecule has 19 heavy (non-hydrogen) atoms. The molecular weight excluding hydrogens is 396 g/mol. The Labute approximate surface area is 130 Å². The first-order chi connectivity index (χ1) is 8.93. The molecule has 1 saturated heterocycles. The molecule has 2 unspecified atom stereocenters. The van der Waals surface area contributed by atoms with Gasteiger partial charge in [-0.1, -0.05) is 31.9 Å². The van der Waals surface area contributed by atoms with E-state index in [-0.39, 0.29) is 22.3 Å². The van der Waals surface area contributed by atoms with Crippen LogP contribution in [-0.4, -0.2) is 26.5 Å². The van der Waals surface area contributed by atoms with Gasteiger partial charge in [-0.25, -0.2) is 8.42 Å². The average molecular weight is 412 g/mol. The third kappa shape index (κ3) is 3.73. The molecule has 2 rings (SSSR count). The van der Waals surface area contributed by atoms with Crippen molar-refractivity contribution in [3.05, 3.63) is 28.2 Å². The number of benzene rings is 1. The highest BCUT2D eigenvalue weighted by Crippen LogP contribution is 2.42. The largest absolute Gasteiger partial charge is 0.494 e. The zero-order valence-corrected chi connectivity index (χ0v) is 14.6. The minimum absolute atomic E-state index is 0.00354. The predicted molar refractivity (Wildman–Crippen MR) is 83.7 cm³/mol. The van der Waals surface area contributed by atoms with E-state index < -0.39 is 9.84 Å². The molecule has 1 aromatic rings. The van der Waals surface area contributed by atoms with Crippen molar-refractivity contribution in [2.24, 2.45) is 5.92 Å². The van der Waals surface area contributed by atoms with Gasteiger partial charge >= 0.3 is 0 Å². The summed E-state index contributed by atoms with van der Waals surface area (Å²) in [6.45, 7) is 2.53. The van der Waals surface area contributed by atoms with E-state index in [1.54, 1.807) is 0 Å². The van der Waals surface area contributed by atoms with Crippen LogP contribution in [0.1, 0.15) is 23.7 Å². The van der Waals surface area contributed by atoms with Crippen LogP contribution < -0.4 is 4.74 Å². The lowest BCUT2D eigenvalue weighted by atomic mass is 9.98. The van der Waals surface area contributed by atoms with Gasteiger partial charge in [-0.3, -0.25) is 0 Å². The lowest BCUT2D eigenvalue weighted by Gasteiger charge is -2.20. The Bertz CT molecular complexity index is 557. The Morgan fingerprint density at radius 2 is 2.21 bits per heavy atom. The van der Waals surface area contributed by atoms with Crippen molar-refractivity contribution in [3.63, 3.8) is 0 Å². The molecule has 0 spiro atoms. The standard InChI is InChI=1S/C13H16Br2O3S/c1-2-18-12-4-3-10(14)7-11(12)13(15)9-5-6-19(16,17)8-9/h3-4,7,9,13H,2,5-6,8H2,1H3. The van der Waals surface area contributed by atoms with E-state index in [2.05, 4.69) is 31.9 Å². The molecule has 1 fully saturated rings. The first-order valence-corrected chi connectivity index (χ1v) is 9.72. The van der Waals surface area contributed by atoms with Gasteiger partial charge in [0.05, 0.1) is 18.1 Å². The highest BCUT2D eigenvalue weighted by atomic mass is 79.9. The monoisotopic (exact) mass is 410 g/mol.